The van der Waals surface area contributed by atoms with Crippen molar-refractivity contribution in [2.75, 3.05) is 20.3 Å². The molecule has 1 saturated carbocycles. The molecule has 1 aliphatic rings. The Kier molecular flexibility index (Phi) is 7.57. The van der Waals surface area contributed by atoms with Gasteiger partial charge in [-0.05, 0) is 60.2 Å². The number of rotatable bonds is 9. The van der Waals surface area contributed by atoms with E-state index in [1.54, 1.807) is 23.9 Å². The van der Waals surface area contributed by atoms with Crippen LogP contribution in [0.4, 0.5) is 0 Å². The molecule has 0 radical (unpaired) electrons. The minimum absolute atomic E-state index is 0.105. The third-order valence-corrected chi connectivity index (χ3v) is 6.71. The van der Waals surface area contributed by atoms with E-state index in [9.17, 15) is 4.79 Å². The normalized spacial score (nSPS) is 14.1. The molecule has 2 aromatic heterocycles. The molecule has 0 unspecified atom stereocenters. The quantitative estimate of drug-likeness (QED) is 0.284. The first kappa shape index (κ1) is 24.0. The van der Waals surface area contributed by atoms with Gasteiger partial charge in [0.05, 0.1) is 13.2 Å². The van der Waals surface area contributed by atoms with Crippen LogP contribution in [0.15, 0.2) is 76.2 Å². The topological polar surface area (TPSA) is 79.4 Å². The largest absolute Gasteiger partial charge is 0.491 e. The van der Waals surface area contributed by atoms with E-state index in [0.29, 0.717) is 37.4 Å². The van der Waals surface area contributed by atoms with Crippen molar-refractivity contribution in [1.82, 2.24) is 14.7 Å². The van der Waals surface area contributed by atoms with Crippen molar-refractivity contribution in [1.29, 1.82) is 0 Å². The van der Waals surface area contributed by atoms with Crippen LogP contribution in [0.3, 0.4) is 0 Å². The standard InChI is InChI=1S/C29H31N3O4/c1-34-16-17-35-26-9-5-6-21(18-26)19-32-20-25(14-15-27(32)33)28-30-29(36-31-28)24-12-10-23(11-13-24)22-7-3-2-4-8-22/h5-6,9-15,18,20,22H,2-4,7-8,16-17,19H2,1H3. The third kappa shape index (κ3) is 5.74. The molecule has 0 saturated heterocycles. The third-order valence-electron chi connectivity index (χ3n) is 6.71. The van der Waals surface area contributed by atoms with Crippen LogP contribution in [0.25, 0.3) is 22.8 Å². The Balaban J connectivity index is 1.31. The molecular weight excluding hydrogens is 454 g/mol. The van der Waals surface area contributed by atoms with E-state index in [1.165, 1.54) is 43.7 Å². The summed E-state index contributed by atoms with van der Waals surface area (Å²) >= 11 is 0. The minimum atomic E-state index is -0.105. The molecule has 0 bridgehead atoms. The number of aromatic nitrogens is 3. The molecule has 5 rings (SSSR count). The molecule has 2 aromatic carbocycles. The maximum atomic E-state index is 12.5. The van der Waals surface area contributed by atoms with Gasteiger partial charge in [0, 0.05) is 30.5 Å². The Bertz CT molecular complexity index is 1340. The van der Waals surface area contributed by atoms with Crippen LogP contribution in [-0.2, 0) is 11.3 Å². The van der Waals surface area contributed by atoms with Gasteiger partial charge in [0.2, 0.25) is 5.82 Å². The highest BCUT2D eigenvalue weighted by molar-refractivity contribution is 5.59. The average molecular weight is 486 g/mol. The SMILES string of the molecule is COCCOc1cccc(Cn2cc(-c3noc(-c4ccc(C5CCCCC5)cc4)n3)ccc2=O)c1. The summed E-state index contributed by atoms with van der Waals surface area (Å²) in [5.41, 5.74) is 3.85. The molecule has 0 N–H and O–H groups in total. The van der Waals surface area contributed by atoms with Gasteiger partial charge in [-0.1, -0.05) is 48.7 Å². The molecule has 36 heavy (non-hydrogen) atoms. The van der Waals surface area contributed by atoms with E-state index in [1.807, 2.05) is 24.3 Å². The van der Waals surface area contributed by atoms with Crippen LogP contribution in [0.5, 0.6) is 5.75 Å². The van der Waals surface area contributed by atoms with E-state index < -0.39 is 0 Å². The predicted octanol–water partition coefficient (Wildman–Crippen LogP) is 5.69. The molecule has 7 nitrogen and oxygen atoms in total. The Hall–Kier alpha value is -3.71. The van der Waals surface area contributed by atoms with Gasteiger partial charge in [-0.3, -0.25) is 4.79 Å². The van der Waals surface area contributed by atoms with Crippen molar-refractivity contribution in [3.05, 3.63) is 88.3 Å². The Morgan fingerprint density at radius 1 is 0.972 bits per heavy atom. The molecule has 1 aliphatic carbocycles. The van der Waals surface area contributed by atoms with Gasteiger partial charge in [0.15, 0.2) is 0 Å². The zero-order valence-corrected chi connectivity index (χ0v) is 20.6. The van der Waals surface area contributed by atoms with Crippen LogP contribution in [-0.4, -0.2) is 35.0 Å². The fourth-order valence-electron chi connectivity index (χ4n) is 4.75. The van der Waals surface area contributed by atoms with Crippen molar-refractivity contribution in [2.45, 2.75) is 44.6 Å². The number of benzene rings is 2. The van der Waals surface area contributed by atoms with Crippen molar-refractivity contribution in [3.63, 3.8) is 0 Å². The Morgan fingerprint density at radius 2 is 1.78 bits per heavy atom. The number of hydrogen-bond acceptors (Lipinski definition) is 6. The van der Waals surface area contributed by atoms with Crippen LogP contribution in [0.2, 0.25) is 0 Å². The van der Waals surface area contributed by atoms with Crippen molar-refractivity contribution in [3.8, 4) is 28.6 Å². The number of pyridine rings is 1. The summed E-state index contributed by atoms with van der Waals surface area (Å²) in [7, 11) is 1.64. The average Bonchev–Trinajstić information content (AvgIpc) is 3.41. The number of methoxy groups -OCH3 is 1. The zero-order chi connectivity index (χ0) is 24.7. The monoisotopic (exact) mass is 485 g/mol. The number of nitrogens with zero attached hydrogens (tertiary/aromatic N) is 3. The van der Waals surface area contributed by atoms with Crippen LogP contribution in [0, 0.1) is 0 Å². The predicted molar refractivity (Wildman–Crippen MR) is 138 cm³/mol. The second kappa shape index (κ2) is 11.4. The molecule has 4 aromatic rings. The van der Waals surface area contributed by atoms with Crippen LogP contribution < -0.4 is 10.3 Å². The highest BCUT2D eigenvalue weighted by Crippen LogP contribution is 2.33. The fourth-order valence-corrected chi connectivity index (χ4v) is 4.75. The molecule has 0 amide bonds. The number of ether oxygens (including phenoxy) is 2. The maximum Gasteiger partial charge on any atom is 0.258 e. The first-order valence-electron chi connectivity index (χ1n) is 12.6. The van der Waals surface area contributed by atoms with Crippen LogP contribution in [0.1, 0.15) is 49.1 Å². The minimum Gasteiger partial charge on any atom is -0.491 e. The summed E-state index contributed by atoms with van der Waals surface area (Å²) in [5.74, 6) is 2.32. The lowest BCUT2D eigenvalue weighted by atomic mass is 9.84. The Labute approximate surface area is 210 Å². The summed E-state index contributed by atoms with van der Waals surface area (Å²) < 4.78 is 17.9. The summed E-state index contributed by atoms with van der Waals surface area (Å²) in [4.78, 5) is 17.1. The summed E-state index contributed by atoms with van der Waals surface area (Å²) in [6, 6.07) is 19.4. The van der Waals surface area contributed by atoms with Crippen molar-refractivity contribution < 1.29 is 14.0 Å². The van der Waals surface area contributed by atoms with Crippen molar-refractivity contribution >= 4 is 0 Å². The lowest BCUT2D eigenvalue weighted by Gasteiger charge is -2.21. The van der Waals surface area contributed by atoms with E-state index in [0.717, 1.165) is 22.4 Å². The van der Waals surface area contributed by atoms with Gasteiger partial charge in [-0.25, -0.2) is 0 Å². The molecule has 2 heterocycles. The molecule has 186 valence electrons. The van der Waals surface area contributed by atoms with Crippen molar-refractivity contribution in [2.24, 2.45) is 0 Å². The Morgan fingerprint density at radius 3 is 2.58 bits per heavy atom. The lowest BCUT2D eigenvalue weighted by Crippen LogP contribution is -2.19. The first-order chi connectivity index (χ1) is 17.7. The smallest absolute Gasteiger partial charge is 0.258 e. The summed E-state index contributed by atoms with van der Waals surface area (Å²) in [6.07, 6.45) is 8.28. The highest BCUT2D eigenvalue weighted by atomic mass is 16.5. The van der Waals surface area contributed by atoms with Gasteiger partial charge < -0.3 is 18.6 Å². The van der Waals surface area contributed by atoms with E-state index in [-0.39, 0.29) is 5.56 Å². The zero-order valence-electron chi connectivity index (χ0n) is 20.6. The number of hydrogen-bond donors (Lipinski definition) is 0. The molecule has 1 fully saturated rings. The lowest BCUT2D eigenvalue weighted by molar-refractivity contribution is 0.146. The van der Waals surface area contributed by atoms with Gasteiger partial charge >= 0.3 is 0 Å². The van der Waals surface area contributed by atoms with E-state index >= 15 is 0 Å². The molecular formula is C29H31N3O4. The highest BCUT2D eigenvalue weighted by Gasteiger charge is 2.17. The van der Waals surface area contributed by atoms with E-state index in [4.69, 9.17) is 14.0 Å². The molecule has 0 atom stereocenters. The van der Waals surface area contributed by atoms with Crippen LogP contribution >= 0.6 is 0 Å². The maximum absolute atomic E-state index is 12.5. The van der Waals surface area contributed by atoms with Gasteiger partial charge in [-0.2, -0.15) is 4.98 Å². The van der Waals surface area contributed by atoms with Gasteiger partial charge in [0.1, 0.15) is 12.4 Å². The molecule has 0 aliphatic heterocycles. The summed E-state index contributed by atoms with van der Waals surface area (Å²) in [6.45, 7) is 1.39. The molecule has 0 spiro atoms. The summed E-state index contributed by atoms with van der Waals surface area (Å²) in [5, 5.41) is 4.18. The first-order valence-corrected chi connectivity index (χ1v) is 12.6. The molecule has 7 heteroatoms. The fraction of sp³-hybridized carbons (Fsp3) is 0.345. The van der Waals surface area contributed by atoms with Gasteiger partial charge in [0.25, 0.3) is 11.4 Å². The second-order valence-electron chi connectivity index (χ2n) is 9.25. The van der Waals surface area contributed by atoms with Gasteiger partial charge in [-0.15, -0.1) is 0 Å². The van der Waals surface area contributed by atoms with E-state index in [2.05, 4.69) is 34.4 Å². The second-order valence-corrected chi connectivity index (χ2v) is 9.25.